The minimum atomic E-state index is -2.64. The van der Waals surface area contributed by atoms with Crippen molar-refractivity contribution in [1.29, 1.82) is 0 Å². The number of aryl methyl sites for hydroxylation is 1. The van der Waals surface area contributed by atoms with Crippen LogP contribution in [-0.4, -0.2) is 31.8 Å². The fourth-order valence-electron chi connectivity index (χ4n) is 3.12. The van der Waals surface area contributed by atoms with Gasteiger partial charge in [-0.05, 0) is 25.1 Å². The zero-order chi connectivity index (χ0) is 22.7. The predicted octanol–water partition coefficient (Wildman–Crippen LogP) is 4.47. The molecule has 0 spiro atoms. The van der Waals surface area contributed by atoms with Crippen molar-refractivity contribution in [3.63, 3.8) is 0 Å². The minimum Gasteiger partial charge on any atom is -0.372 e. The topological polar surface area (TPSA) is 78.2 Å². The third-order valence-corrected chi connectivity index (χ3v) is 4.69. The zero-order valence-electron chi connectivity index (χ0n) is 16.1. The number of carbonyl (C=O) groups is 1. The van der Waals surface area contributed by atoms with Crippen LogP contribution in [0.2, 0.25) is 5.02 Å². The molecular weight excluding hydrogens is 438 g/mol. The number of carbonyl (C=O) groups excluding carboxylic acids is 1. The van der Waals surface area contributed by atoms with Crippen LogP contribution in [-0.2, 0) is 11.3 Å². The van der Waals surface area contributed by atoms with E-state index < -0.39 is 24.6 Å². The molecule has 0 fully saturated rings. The molecule has 4 rings (SSSR count). The molecule has 0 aliphatic carbocycles. The highest BCUT2D eigenvalue weighted by molar-refractivity contribution is 6.31. The van der Waals surface area contributed by atoms with Gasteiger partial charge in [-0.15, -0.1) is 0 Å². The molecule has 4 aromatic rings. The lowest BCUT2D eigenvalue weighted by Crippen LogP contribution is -2.07. The van der Waals surface area contributed by atoms with E-state index in [0.717, 1.165) is 11.8 Å². The van der Waals surface area contributed by atoms with Crippen LogP contribution < -0.4 is 5.73 Å². The van der Waals surface area contributed by atoms with Gasteiger partial charge in [0, 0.05) is 35.3 Å². The van der Waals surface area contributed by atoms with Gasteiger partial charge in [-0.2, -0.15) is 0 Å². The van der Waals surface area contributed by atoms with E-state index in [1.165, 1.54) is 10.9 Å². The fraction of sp³-hybridized carbons (Fsp3) is 0.150. The largest absolute Gasteiger partial charge is 0.372 e. The Bertz CT molecular complexity index is 1240. The summed E-state index contributed by atoms with van der Waals surface area (Å²) < 4.78 is 57.2. The van der Waals surface area contributed by atoms with E-state index in [1.807, 2.05) is 6.92 Å². The number of amides is 1. The van der Waals surface area contributed by atoms with Crippen LogP contribution in [0.3, 0.4) is 0 Å². The molecule has 0 saturated carbocycles. The number of benzene rings is 1. The maximum absolute atomic E-state index is 14.4. The van der Waals surface area contributed by atoms with Gasteiger partial charge in [-0.25, -0.2) is 27.5 Å². The average molecular weight is 454 g/mol. The van der Waals surface area contributed by atoms with Crippen molar-refractivity contribution in [2.75, 3.05) is 0 Å². The van der Waals surface area contributed by atoms with Gasteiger partial charge in [-0.1, -0.05) is 11.6 Å². The highest BCUT2D eigenvalue weighted by Gasteiger charge is 2.21. The first-order chi connectivity index (χ1) is 14.8. The van der Waals surface area contributed by atoms with Crippen LogP contribution in [0.5, 0.6) is 0 Å². The molecule has 162 valence electrons. The Morgan fingerprint density at radius 1 is 1.19 bits per heavy atom. The molecule has 2 N–H and O–H groups in total. The molecule has 3 heterocycles. The lowest BCUT2D eigenvalue weighted by Gasteiger charge is -2.12. The van der Waals surface area contributed by atoms with Crippen LogP contribution >= 0.6 is 11.6 Å². The number of hydrogen-bond donors (Lipinski definition) is 1. The third kappa shape index (κ3) is 4.53. The number of nitrogens with two attached hydrogens (primary N) is 1. The minimum absolute atomic E-state index is 0.0723. The molecular formula is C20H16ClF4N5O. The summed E-state index contributed by atoms with van der Waals surface area (Å²) in [7, 11) is 0. The Labute approximate surface area is 178 Å². The molecule has 11 heteroatoms. The monoisotopic (exact) mass is 453 g/mol. The second kappa shape index (κ2) is 9.17. The predicted molar refractivity (Wildman–Crippen MR) is 108 cm³/mol. The Morgan fingerprint density at radius 2 is 1.90 bits per heavy atom. The van der Waals surface area contributed by atoms with Crippen LogP contribution in [0.4, 0.5) is 17.6 Å². The van der Waals surface area contributed by atoms with Crippen molar-refractivity contribution in [2.45, 2.75) is 19.9 Å². The number of alkyl halides is 2. The number of fused-ring (bicyclic) bond motifs is 1. The molecule has 0 radical (unpaired) electrons. The summed E-state index contributed by atoms with van der Waals surface area (Å²) in [5.41, 5.74) is 6.51. The number of primary amides is 1. The number of aromatic nitrogens is 4. The second-order valence-corrected chi connectivity index (χ2v) is 6.82. The molecule has 0 aliphatic rings. The highest BCUT2D eigenvalue weighted by atomic mass is 35.5. The number of rotatable bonds is 4. The number of imidazole rings is 2. The summed E-state index contributed by atoms with van der Waals surface area (Å²) in [5.74, 6) is -1.79. The van der Waals surface area contributed by atoms with Crippen molar-refractivity contribution < 1.29 is 22.4 Å². The Kier molecular flexibility index (Phi) is 6.59. The molecule has 0 saturated heterocycles. The molecule has 6 nitrogen and oxygen atoms in total. The van der Waals surface area contributed by atoms with Crippen molar-refractivity contribution in [1.82, 2.24) is 18.9 Å². The van der Waals surface area contributed by atoms with E-state index >= 15 is 0 Å². The second-order valence-electron chi connectivity index (χ2n) is 6.41. The molecule has 31 heavy (non-hydrogen) atoms. The number of hydrogen-bond acceptors (Lipinski definition) is 3. The van der Waals surface area contributed by atoms with E-state index in [4.69, 9.17) is 16.4 Å². The van der Waals surface area contributed by atoms with Gasteiger partial charge in [0.2, 0.25) is 6.41 Å². The van der Waals surface area contributed by atoms with Crippen molar-refractivity contribution >= 4 is 23.7 Å². The maximum Gasteiger partial charge on any atom is 0.256 e. The third-order valence-electron chi connectivity index (χ3n) is 4.40. The van der Waals surface area contributed by atoms with Crippen molar-refractivity contribution in [2.24, 2.45) is 5.73 Å². The lowest BCUT2D eigenvalue weighted by molar-refractivity contribution is -0.106. The Morgan fingerprint density at radius 3 is 2.58 bits per heavy atom. The van der Waals surface area contributed by atoms with Crippen molar-refractivity contribution in [3.8, 4) is 22.5 Å². The van der Waals surface area contributed by atoms with Crippen LogP contribution in [0, 0.1) is 18.6 Å². The zero-order valence-corrected chi connectivity index (χ0v) is 16.8. The van der Waals surface area contributed by atoms with Gasteiger partial charge < -0.3 is 14.7 Å². The standard InChI is InChI=1S/C19H13ClF4N4.CH3NO/c1-10-6-25-17-3-2-11(7-28(10)17)19-18(26-9-27(19)8-16(23)24)12-4-13(20)15(22)5-14(12)21;2-1-3/h2-7,9,16H,8H2,1H3;1H,(H2,2,3). The van der Waals surface area contributed by atoms with Gasteiger partial charge in [0.25, 0.3) is 6.43 Å². The number of halogens is 5. The Hall–Kier alpha value is -3.40. The van der Waals surface area contributed by atoms with Crippen LogP contribution in [0.25, 0.3) is 28.2 Å². The smallest absolute Gasteiger partial charge is 0.256 e. The summed E-state index contributed by atoms with van der Waals surface area (Å²) in [6, 6.07) is 5.16. The molecule has 1 aromatic carbocycles. The molecule has 3 aromatic heterocycles. The molecule has 0 aliphatic heterocycles. The van der Waals surface area contributed by atoms with E-state index in [-0.39, 0.29) is 28.4 Å². The fourth-order valence-corrected chi connectivity index (χ4v) is 3.28. The first-order valence-electron chi connectivity index (χ1n) is 8.84. The quantitative estimate of drug-likeness (QED) is 0.281. The summed E-state index contributed by atoms with van der Waals surface area (Å²) in [4.78, 5) is 16.9. The normalized spacial score (nSPS) is 10.9. The van der Waals surface area contributed by atoms with E-state index in [2.05, 4.69) is 15.7 Å². The van der Waals surface area contributed by atoms with Gasteiger partial charge >= 0.3 is 0 Å². The van der Waals surface area contributed by atoms with Crippen LogP contribution in [0.15, 0.2) is 43.0 Å². The summed E-state index contributed by atoms with van der Waals surface area (Å²) in [6.45, 7) is 1.22. The molecule has 1 amide bonds. The number of nitrogens with zero attached hydrogens (tertiary/aromatic N) is 4. The molecule has 0 bridgehead atoms. The maximum atomic E-state index is 14.4. The van der Waals surface area contributed by atoms with E-state index in [0.29, 0.717) is 17.3 Å². The highest BCUT2D eigenvalue weighted by Crippen LogP contribution is 2.35. The summed E-state index contributed by atoms with van der Waals surface area (Å²) in [6.07, 6.45) is 2.21. The molecule has 0 atom stereocenters. The first-order valence-corrected chi connectivity index (χ1v) is 9.22. The number of pyridine rings is 1. The van der Waals surface area contributed by atoms with E-state index in [9.17, 15) is 17.6 Å². The van der Waals surface area contributed by atoms with Gasteiger partial charge in [0.1, 0.15) is 17.3 Å². The SMILES string of the molecule is Cc1cnc2ccc(-c3c(-c4cc(Cl)c(F)cc4F)ncn3CC(F)F)cn12.NC=O. The van der Waals surface area contributed by atoms with Crippen molar-refractivity contribution in [3.05, 3.63) is 65.3 Å². The van der Waals surface area contributed by atoms with E-state index in [1.54, 1.807) is 28.9 Å². The summed E-state index contributed by atoms with van der Waals surface area (Å²) >= 11 is 5.80. The van der Waals surface area contributed by atoms with Gasteiger partial charge in [0.05, 0.1) is 29.3 Å². The molecule has 0 unspecified atom stereocenters. The average Bonchev–Trinajstić information content (AvgIpc) is 3.28. The lowest BCUT2D eigenvalue weighted by atomic mass is 10.1. The first kappa shape index (κ1) is 22.3. The van der Waals surface area contributed by atoms with Gasteiger partial charge in [-0.3, -0.25) is 4.79 Å². The van der Waals surface area contributed by atoms with Gasteiger partial charge in [0.15, 0.2) is 0 Å². The Balaban J connectivity index is 0.000000858. The summed E-state index contributed by atoms with van der Waals surface area (Å²) in [5, 5.41) is -0.285. The van der Waals surface area contributed by atoms with Crippen LogP contribution in [0.1, 0.15) is 5.69 Å².